The largest absolute Gasteiger partial charge is 0.453 e. The van der Waals surface area contributed by atoms with Gasteiger partial charge in [0.05, 0.1) is 18.8 Å². The van der Waals surface area contributed by atoms with E-state index in [1.54, 1.807) is 18.7 Å². The van der Waals surface area contributed by atoms with E-state index in [0.29, 0.717) is 0 Å². The van der Waals surface area contributed by atoms with Crippen LogP contribution in [0.15, 0.2) is 12.2 Å². The van der Waals surface area contributed by atoms with E-state index in [-0.39, 0.29) is 24.1 Å². The van der Waals surface area contributed by atoms with E-state index in [0.717, 1.165) is 12.8 Å². The first-order valence-corrected chi connectivity index (χ1v) is 5.72. The average Bonchev–Trinajstić information content (AvgIpc) is 2.48. The molecule has 1 saturated heterocycles. The number of carbonyl (C=O) groups is 1. The third-order valence-corrected chi connectivity index (χ3v) is 3.63. The van der Waals surface area contributed by atoms with E-state index in [4.69, 9.17) is 4.74 Å². The van der Waals surface area contributed by atoms with Gasteiger partial charge >= 0.3 is 6.09 Å². The van der Waals surface area contributed by atoms with Crippen LogP contribution in [0.25, 0.3) is 0 Å². The van der Waals surface area contributed by atoms with Crippen molar-refractivity contribution in [1.29, 1.82) is 0 Å². The molecule has 0 saturated carbocycles. The van der Waals surface area contributed by atoms with Crippen LogP contribution in [0, 0.1) is 5.92 Å². The SMILES string of the molecule is COC(=O)N1[C@H]2C=C[C@@H](C(C)(C)O)[C@@H]1CC2. The number of fused-ring (bicyclic) bond motifs is 2. The minimum absolute atomic E-state index is 0.00894. The molecule has 1 fully saturated rings. The summed E-state index contributed by atoms with van der Waals surface area (Å²) in [5.74, 6) is -0.00894. The van der Waals surface area contributed by atoms with Gasteiger partial charge in [0.2, 0.25) is 0 Å². The van der Waals surface area contributed by atoms with E-state index in [1.807, 2.05) is 12.2 Å². The summed E-state index contributed by atoms with van der Waals surface area (Å²) in [6, 6.07) is 0.221. The Kier molecular flexibility index (Phi) is 2.70. The molecule has 0 spiro atoms. The number of methoxy groups -OCH3 is 1. The van der Waals surface area contributed by atoms with E-state index in [2.05, 4.69) is 0 Å². The molecule has 0 aromatic rings. The van der Waals surface area contributed by atoms with Crippen molar-refractivity contribution in [2.24, 2.45) is 5.92 Å². The molecule has 1 N–H and O–H groups in total. The first kappa shape index (κ1) is 11.5. The number of aliphatic hydroxyl groups is 1. The maximum Gasteiger partial charge on any atom is 0.410 e. The monoisotopic (exact) mass is 225 g/mol. The first-order valence-electron chi connectivity index (χ1n) is 5.72. The second kappa shape index (κ2) is 3.77. The summed E-state index contributed by atoms with van der Waals surface area (Å²) in [6.45, 7) is 3.58. The highest BCUT2D eigenvalue weighted by atomic mass is 16.5. The molecule has 2 bridgehead atoms. The Bertz CT molecular complexity index is 319. The summed E-state index contributed by atoms with van der Waals surface area (Å²) in [4.78, 5) is 13.5. The minimum atomic E-state index is -0.803. The number of carbonyl (C=O) groups excluding carboxylic acids is 1. The molecule has 90 valence electrons. The van der Waals surface area contributed by atoms with Crippen molar-refractivity contribution < 1.29 is 14.6 Å². The van der Waals surface area contributed by atoms with Crippen LogP contribution in [0.3, 0.4) is 0 Å². The van der Waals surface area contributed by atoms with E-state index in [1.165, 1.54) is 7.11 Å². The van der Waals surface area contributed by atoms with Gasteiger partial charge in [-0.2, -0.15) is 0 Å². The third-order valence-electron chi connectivity index (χ3n) is 3.63. The van der Waals surface area contributed by atoms with Gasteiger partial charge in [-0.25, -0.2) is 4.79 Å². The predicted octanol–water partition coefficient (Wildman–Crippen LogP) is 1.54. The van der Waals surface area contributed by atoms with Crippen molar-refractivity contribution in [3.8, 4) is 0 Å². The Morgan fingerprint density at radius 2 is 2.12 bits per heavy atom. The molecule has 1 amide bonds. The molecule has 4 nitrogen and oxygen atoms in total. The van der Waals surface area contributed by atoms with Crippen molar-refractivity contribution in [3.05, 3.63) is 12.2 Å². The summed E-state index contributed by atoms with van der Waals surface area (Å²) in [6.07, 6.45) is 5.67. The molecule has 0 unspecified atom stereocenters. The summed E-state index contributed by atoms with van der Waals surface area (Å²) in [5, 5.41) is 10.1. The zero-order valence-electron chi connectivity index (χ0n) is 10.0. The second-order valence-electron chi connectivity index (χ2n) is 5.15. The fraction of sp³-hybridized carbons (Fsp3) is 0.750. The van der Waals surface area contributed by atoms with Crippen molar-refractivity contribution >= 4 is 6.09 Å². The van der Waals surface area contributed by atoms with Gasteiger partial charge in [-0.1, -0.05) is 12.2 Å². The van der Waals surface area contributed by atoms with Crippen LogP contribution in [0.5, 0.6) is 0 Å². The number of rotatable bonds is 1. The zero-order chi connectivity index (χ0) is 11.9. The van der Waals surface area contributed by atoms with Crippen LogP contribution in [0.1, 0.15) is 26.7 Å². The quantitative estimate of drug-likeness (QED) is 0.689. The van der Waals surface area contributed by atoms with Gasteiger partial charge in [-0.05, 0) is 26.7 Å². The second-order valence-corrected chi connectivity index (χ2v) is 5.15. The maximum absolute atomic E-state index is 11.7. The van der Waals surface area contributed by atoms with Gasteiger partial charge in [0.1, 0.15) is 0 Å². The van der Waals surface area contributed by atoms with Crippen LogP contribution >= 0.6 is 0 Å². The molecule has 0 aromatic carbocycles. The molecule has 0 radical (unpaired) electrons. The van der Waals surface area contributed by atoms with Gasteiger partial charge in [-0.15, -0.1) is 0 Å². The average molecular weight is 225 g/mol. The Balaban J connectivity index is 2.26. The van der Waals surface area contributed by atoms with Crippen LogP contribution in [0.2, 0.25) is 0 Å². The Labute approximate surface area is 95.9 Å². The summed E-state index contributed by atoms with van der Waals surface area (Å²) in [7, 11) is 1.40. The van der Waals surface area contributed by atoms with E-state index < -0.39 is 5.60 Å². The van der Waals surface area contributed by atoms with Crippen molar-refractivity contribution in [3.63, 3.8) is 0 Å². The summed E-state index contributed by atoms with van der Waals surface area (Å²) >= 11 is 0. The molecule has 0 aliphatic carbocycles. The van der Waals surface area contributed by atoms with Gasteiger partial charge < -0.3 is 9.84 Å². The number of ether oxygens (including phenoxy) is 1. The molecule has 3 atom stereocenters. The number of hydrogen-bond acceptors (Lipinski definition) is 3. The lowest BCUT2D eigenvalue weighted by molar-refractivity contribution is -0.00376. The van der Waals surface area contributed by atoms with Gasteiger partial charge in [-0.3, -0.25) is 4.90 Å². The maximum atomic E-state index is 11.7. The van der Waals surface area contributed by atoms with Gasteiger partial charge in [0.25, 0.3) is 0 Å². The summed E-state index contributed by atoms with van der Waals surface area (Å²) < 4.78 is 4.80. The topological polar surface area (TPSA) is 49.8 Å². The third kappa shape index (κ3) is 1.71. The first-order chi connectivity index (χ1) is 7.45. The lowest BCUT2D eigenvalue weighted by Crippen LogP contribution is -2.51. The van der Waals surface area contributed by atoms with E-state index >= 15 is 0 Å². The highest BCUT2D eigenvalue weighted by molar-refractivity contribution is 5.69. The lowest BCUT2D eigenvalue weighted by atomic mass is 9.82. The van der Waals surface area contributed by atoms with Crippen molar-refractivity contribution in [2.75, 3.05) is 7.11 Å². The fourth-order valence-electron chi connectivity index (χ4n) is 2.87. The highest BCUT2D eigenvalue weighted by Gasteiger charge is 2.46. The molecule has 4 heteroatoms. The van der Waals surface area contributed by atoms with Crippen LogP contribution in [0.4, 0.5) is 4.79 Å². The molecule has 2 rings (SSSR count). The van der Waals surface area contributed by atoms with Crippen LogP contribution < -0.4 is 0 Å². The van der Waals surface area contributed by atoms with Gasteiger partial charge in [0, 0.05) is 12.0 Å². The standard InChI is InChI=1S/C12H19NO3/c1-12(2,15)9-6-4-8-5-7-10(9)13(8)11(14)16-3/h4,6,8-10,15H,5,7H2,1-3H3/t8-,9+,10-/m0/s1. The molecule has 2 aliphatic heterocycles. The Morgan fingerprint density at radius 3 is 2.69 bits per heavy atom. The Hall–Kier alpha value is -1.03. The van der Waals surface area contributed by atoms with Crippen molar-refractivity contribution in [2.45, 2.75) is 44.4 Å². The number of hydrogen-bond donors (Lipinski definition) is 1. The van der Waals surface area contributed by atoms with Crippen LogP contribution in [-0.2, 0) is 4.74 Å². The fourth-order valence-corrected chi connectivity index (χ4v) is 2.87. The molecule has 2 aliphatic rings. The smallest absolute Gasteiger partial charge is 0.410 e. The minimum Gasteiger partial charge on any atom is -0.453 e. The van der Waals surface area contributed by atoms with E-state index in [9.17, 15) is 9.90 Å². The molecule has 0 aromatic heterocycles. The highest BCUT2D eigenvalue weighted by Crippen LogP contribution is 2.39. The zero-order valence-corrected chi connectivity index (χ0v) is 10.0. The Morgan fingerprint density at radius 1 is 1.44 bits per heavy atom. The number of nitrogens with zero attached hydrogens (tertiary/aromatic N) is 1. The molecular weight excluding hydrogens is 206 g/mol. The predicted molar refractivity (Wildman–Crippen MR) is 60.0 cm³/mol. The molecule has 16 heavy (non-hydrogen) atoms. The lowest BCUT2D eigenvalue weighted by Gasteiger charge is -2.40. The van der Waals surface area contributed by atoms with Crippen LogP contribution in [-0.4, -0.2) is 40.9 Å². The molecule has 2 heterocycles. The summed E-state index contributed by atoms with van der Waals surface area (Å²) in [5.41, 5.74) is -0.803. The van der Waals surface area contributed by atoms with Gasteiger partial charge in [0.15, 0.2) is 0 Å². The number of amides is 1. The normalized spacial score (nSPS) is 33.0. The molecular formula is C12H19NO3. The van der Waals surface area contributed by atoms with Crippen molar-refractivity contribution in [1.82, 2.24) is 4.90 Å².